The highest BCUT2D eigenvalue weighted by molar-refractivity contribution is 7.71. The number of rotatable bonds is 6. The number of nitrogens with one attached hydrogen (secondary N) is 1. The lowest BCUT2D eigenvalue weighted by atomic mass is 10.0. The zero-order valence-electron chi connectivity index (χ0n) is 15.3. The van der Waals surface area contributed by atoms with Crippen LogP contribution < -0.4 is 5.32 Å². The Kier molecular flexibility index (Phi) is 6.16. The third-order valence-corrected chi connectivity index (χ3v) is 4.95. The molecule has 8 heteroatoms. The molecule has 1 aromatic carbocycles. The van der Waals surface area contributed by atoms with E-state index in [1.807, 2.05) is 30.3 Å². The fraction of sp³-hybridized carbons (Fsp3) is 0.556. The van der Waals surface area contributed by atoms with Crippen LogP contribution in [0.15, 0.2) is 30.3 Å². The first-order valence-corrected chi connectivity index (χ1v) is 9.52. The Bertz CT molecular complexity index is 776. The summed E-state index contributed by atoms with van der Waals surface area (Å²) < 4.78 is 4.23. The molecule has 1 aliphatic rings. The molecule has 3 rings (SSSR count). The maximum Gasteiger partial charge on any atom is 0.251 e. The zero-order chi connectivity index (χ0) is 18.5. The molecule has 0 bridgehead atoms. The molecule has 0 aliphatic carbocycles. The molecule has 0 unspecified atom stereocenters. The highest BCUT2D eigenvalue weighted by Crippen LogP contribution is 2.12. The van der Waals surface area contributed by atoms with Crippen LogP contribution in [0, 0.1) is 10.7 Å². The van der Waals surface area contributed by atoms with Gasteiger partial charge in [-0.2, -0.15) is 0 Å². The molecule has 1 N–H and O–H groups in total. The second kappa shape index (κ2) is 8.55. The molecule has 1 aromatic heterocycles. The lowest BCUT2D eigenvalue weighted by Gasteiger charge is -2.31. The van der Waals surface area contributed by atoms with Gasteiger partial charge in [0.15, 0.2) is 0 Å². The van der Waals surface area contributed by atoms with Gasteiger partial charge in [0.1, 0.15) is 0 Å². The number of aromatic nitrogens is 4. The van der Waals surface area contributed by atoms with Gasteiger partial charge in [-0.25, -0.2) is 9.36 Å². The van der Waals surface area contributed by atoms with Crippen molar-refractivity contribution in [3.63, 3.8) is 0 Å². The van der Waals surface area contributed by atoms with E-state index in [2.05, 4.69) is 34.5 Å². The van der Waals surface area contributed by atoms with E-state index in [-0.39, 0.29) is 11.9 Å². The summed E-state index contributed by atoms with van der Waals surface area (Å²) in [5, 5.41) is 11.5. The minimum absolute atomic E-state index is 0.00268. The van der Waals surface area contributed by atoms with Gasteiger partial charge in [0, 0.05) is 31.2 Å². The van der Waals surface area contributed by atoms with Crippen LogP contribution in [-0.2, 0) is 13.2 Å². The molecular formula is C18H26N6OS. The Labute approximate surface area is 159 Å². The maximum absolute atomic E-state index is 12.3. The van der Waals surface area contributed by atoms with Crippen molar-refractivity contribution in [2.24, 2.45) is 5.92 Å². The number of carbonyl (C=O) groups is 1. The van der Waals surface area contributed by atoms with Crippen molar-refractivity contribution in [1.29, 1.82) is 0 Å². The Hall–Kier alpha value is -2.06. The second-order valence-electron chi connectivity index (χ2n) is 7.21. The van der Waals surface area contributed by atoms with Crippen molar-refractivity contribution in [2.45, 2.75) is 45.9 Å². The van der Waals surface area contributed by atoms with Gasteiger partial charge in [0.2, 0.25) is 4.77 Å². The number of hydrogen-bond acceptors (Lipinski definition) is 5. The quantitative estimate of drug-likeness (QED) is 0.786. The number of piperidine rings is 1. The Morgan fingerprint density at radius 2 is 1.85 bits per heavy atom. The minimum atomic E-state index is 0.00268. The van der Waals surface area contributed by atoms with E-state index < -0.39 is 0 Å². The lowest BCUT2D eigenvalue weighted by molar-refractivity contribution is 0.0895. The molecule has 1 fully saturated rings. The van der Waals surface area contributed by atoms with Crippen molar-refractivity contribution in [1.82, 2.24) is 30.0 Å². The summed E-state index contributed by atoms with van der Waals surface area (Å²) in [6, 6.07) is 9.57. The van der Waals surface area contributed by atoms with Crippen molar-refractivity contribution >= 4 is 18.1 Å². The van der Waals surface area contributed by atoms with E-state index in [4.69, 9.17) is 12.2 Å². The normalized spacial score (nSPS) is 16.1. The standard InChI is InChI=1S/C18H26N6OS/c1-14(2)12-23-18(26)24(21-20-23)13-22-10-8-16(9-11-22)19-17(25)15-6-4-3-5-7-15/h3-7,14,16H,8-13H2,1-2H3,(H,19,25). The second-order valence-corrected chi connectivity index (χ2v) is 7.58. The number of likely N-dealkylation sites (tertiary alicyclic amines) is 1. The molecule has 26 heavy (non-hydrogen) atoms. The number of benzene rings is 1. The average molecular weight is 375 g/mol. The fourth-order valence-corrected chi connectivity index (χ4v) is 3.33. The van der Waals surface area contributed by atoms with Gasteiger partial charge in [0.05, 0.1) is 6.67 Å². The van der Waals surface area contributed by atoms with Gasteiger partial charge < -0.3 is 5.32 Å². The Morgan fingerprint density at radius 3 is 2.50 bits per heavy atom. The highest BCUT2D eigenvalue weighted by Gasteiger charge is 2.22. The van der Waals surface area contributed by atoms with Crippen LogP contribution in [0.1, 0.15) is 37.0 Å². The minimum Gasteiger partial charge on any atom is -0.349 e. The monoisotopic (exact) mass is 374 g/mol. The first-order chi connectivity index (χ1) is 12.5. The molecule has 0 atom stereocenters. The van der Waals surface area contributed by atoms with Gasteiger partial charge in [-0.15, -0.1) is 0 Å². The molecule has 0 saturated carbocycles. The third-order valence-electron chi connectivity index (χ3n) is 4.53. The predicted octanol–water partition coefficient (Wildman–Crippen LogP) is 2.32. The van der Waals surface area contributed by atoms with Gasteiger partial charge >= 0.3 is 0 Å². The average Bonchev–Trinajstić information content (AvgIpc) is 2.97. The molecule has 0 spiro atoms. The molecule has 1 amide bonds. The van der Waals surface area contributed by atoms with Crippen LogP contribution >= 0.6 is 12.2 Å². The highest BCUT2D eigenvalue weighted by atomic mass is 32.1. The summed E-state index contributed by atoms with van der Waals surface area (Å²) in [5.41, 5.74) is 0.711. The maximum atomic E-state index is 12.3. The molecule has 0 radical (unpaired) electrons. The van der Waals surface area contributed by atoms with Crippen LogP contribution in [0.4, 0.5) is 0 Å². The van der Waals surface area contributed by atoms with E-state index >= 15 is 0 Å². The molecule has 7 nitrogen and oxygen atoms in total. The molecule has 140 valence electrons. The van der Waals surface area contributed by atoms with Crippen LogP contribution in [0.3, 0.4) is 0 Å². The van der Waals surface area contributed by atoms with Crippen molar-refractivity contribution < 1.29 is 4.79 Å². The number of nitrogens with zero attached hydrogens (tertiary/aromatic N) is 5. The van der Waals surface area contributed by atoms with Crippen molar-refractivity contribution in [2.75, 3.05) is 13.1 Å². The van der Waals surface area contributed by atoms with E-state index in [9.17, 15) is 4.79 Å². The largest absolute Gasteiger partial charge is 0.349 e. The third kappa shape index (κ3) is 4.76. The van der Waals surface area contributed by atoms with E-state index in [1.54, 1.807) is 9.36 Å². The SMILES string of the molecule is CC(C)Cn1nnn(CN2CCC(NC(=O)c3ccccc3)CC2)c1=S. The number of hydrogen-bond donors (Lipinski definition) is 1. The number of carbonyl (C=O) groups excluding carboxylic acids is 1. The van der Waals surface area contributed by atoms with Crippen LogP contribution in [-0.4, -0.2) is 49.7 Å². The Balaban J connectivity index is 1.49. The summed E-state index contributed by atoms with van der Waals surface area (Å²) in [6.45, 7) is 7.50. The number of amides is 1. The van der Waals surface area contributed by atoms with Crippen molar-refractivity contribution in [3.05, 3.63) is 40.7 Å². The summed E-state index contributed by atoms with van der Waals surface area (Å²) in [5.74, 6) is 0.485. The Morgan fingerprint density at radius 1 is 1.19 bits per heavy atom. The van der Waals surface area contributed by atoms with Gasteiger partial charge in [-0.05, 0) is 53.5 Å². The van der Waals surface area contributed by atoms with Crippen LogP contribution in [0.25, 0.3) is 0 Å². The molecular weight excluding hydrogens is 348 g/mol. The van der Waals surface area contributed by atoms with Gasteiger partial charge in [0.25, 0.3) is 5.91 Å². The molecule has 2 aromatic rings. The summed E-state index contributed by atoms with van der Waals surface area (Å²) in [7, 11) is 0. The smallest absolute Gasteiger partial charge is 0.251 e. The number of tetrazole rings is 1. The fourth-order valence-electron chi connectivity index (χ4n) is 3.12. The topological polar surface area (TPSA) is 68.0 Å². The van der Waals surface area contributed by atoms with Gasteiger partial charge in [-0.3, -0.25) is 9.69 Å². The first kappa shape index (κ1) is 18.7. The van der Waals surface area contributed by atoms with Crippen molar-refractivity contribution in [3.8, 4) is 0 Å². The lowest BCUT2D eigenvalue weighted by Crippen LogP contribution is -2.45. The predicted molar refractivity (Wildman–Crippen MR) is 102 cm³/mol. The van der Waals surface area contributed by atoms with Gasteiger partial charge in [-0.1, -0.05) is 32.0 Å². The van der Waals surface area contributed by atoms with E-state index in [0.29, 0.717) is 22.9 Å². The summed E-state index contributed by atoms with van der Waals surface area (Å²) >= 11 is 5.46. The first-order valence-electron chi connectivity index (χ1n) is 9.12. The van der Waals surface area contributed by atoms with Crippen LogP contribution in [0.5, 0.6) is 0 Å². The molecule has 2 heterocycles. The van der Waals surface area contributed by atoms with E-state index in [0.717, 1.165) is 32.5 Å². The molecule has 1 aliphatic heterocycles. The van der Waals surface area contributed by atoms with E-state index in [1.165, 1.54) is 0 Å². The molecule has 1 saturated heterocycles. The summed E-state index contributed by atoms with van der Waals surface area (Å²) in [6.07, 6.45) is 1.85. The van der Waals surface area contributed by atoms with Crippen LogP contribution in [0.2, 0.25) is 0 Å². The summed E-state index contributed by atoms with van der Waals surface area (Å²) in [4.78, 5) is 14.6. The zero-order valence-corrected chi connectivity index (χ0v) is 16.2.